The van der Waals surface area contributed by atoms with Gasteiger partial charge < -0.3 is 9.64 Å². The molecule has 0 N–H and O–H groups in total. The van der Waals surface area contributed by atoms with Gasteiger partial charge in [0.25, 0.3) is 0 Å². The summed E-state index contributed by atoms with van der Waals surface area (Å²) in [6.07, 6.45) is 0. The summed E-state index contributed by atoms with van der Waals surface area (Å²) in [5, 5.41) is 0. The van der Waals surface area contributed by atoms with Gasteiger partial charge in [0.2, 0.25) is 10.0 Å². The summed E-state index contributed by atoms with van der Waals surface area (Å²) in [6.45, 7) is 4.24. The number of ether oxygens (including phenoxy) is 1. The van der Waals surface area contributed by atoms with E-state index in [0.29, 0.717) is 38.5 Å². The number of hydrogen-bond acceptors (Lipinski definition) is 4. The van der Waals surface area contributed by atoms with Gasteiger partial charge in [0.15, 0.2) is 0 Å². The van der Waals surface area contributed by atoms with E-state index in [-0.39, 0.29) is 11.6 Å². The lowest BCUT2D eigenvalue weighted by Gasteiger charge is -2.35. The van der Waals surface area contributed by atoms with E-state index in [4.69, 9.17) is 4.74 Å². The van der Waals surface area contributed by atoms with Crippen molar-refractivity contribution in [3.63, 3.8) is 0 Å². The standard InChI is InChI=1S/C19H23FN2O3S/c1-2-26(23,24)22-11-9-21(10-12-22)18-7-4-8-19(14-18)25-15-16-5-3-6-17(20)13-16/h3-8,13-14H,2,9-12,15H2,1H3. The molecule has 0 saturated carbocycles. The molecule has 1 saturated heterocycles. The zero-order valence-corrected chi connectivity index (χ0v) is 15.6. The zero-order chi connectivity index (χ0) is 18.6. The summed E-state index contributed by atoms with van der Waals surface area (Å²) in [4.78, 5) is 2.15. The molecule has 0 spiro atoms. The minimum atomic E-state index is -3.13. The lowest BCUT2D eigenvalue weighted by molar-refractivity contribution is 0.305. The highest BCUT2D eigenvalue weighted by Crippen LogP contribution is 2.24. The van der Waals surface area contributed by atoms with Gasteiger partial charge in [-0.15, -0.1) is 0 Å². The third kappa shape index (κ3) is 4.53. The average molecular weight is 378 g/mol. The maximum absolute atomic E-state index is 13.2. The quantitative estimate of drug-likeness (QED) is 0.776. The Kier molecular flexibility index (Phi) is 5.78. The van der Waals surface area contributed by atoms with Crippen LogP contribution in [0.25, 0.3) is 0 Å². The van der Waals surface area contributed by atoms with Crippen LogP contribution >= 0.6 is 0 Å². The smallest absolute Gasteiger partial charge is 0.213 e. The molecule has 1 heterocycles. The highest BCUT2D eigenvalue weighted by atomic mass is 32.2. The van der Waals surface area contributed by atoms with Gasteiger partial charge in [-0.3, -0.25) is 0 Å². The van der Waals surface area contributed by atoms with Gasteiger partial charge >= 0.3 is 0 Å². The van der Waals surface area contributed by atoms with Crippen molar-refractivity contribution in [1.82, 2.24) is 4.31 Å². The Balaban J connectivity index is 1.61. The summed E-state index contributed by atoms with van der Waals surface area (Å²) in [6, 6.07) is 14.0. The van der Waals surface area contributed by atoms with Crippen LogP contribution in [0.1, 0.15) is 12.5 Å². The number of hydrogen-bond donors (Lipinski definition) is 0. The number of sulfonamides is 1. The first-order valence-corrected chi connectivity index (χ1v) is 10.3. The molecule has 1 fully saturated rings. The average Bonchev–Trinajstić information content (AvgIpc) is 2.67. The molecule has 7 heteroatoms. The molecule has 0 bridgehead atoms. The topological polar surface area (TPSA) is 49.9 Å². The first-order valence-electron chi connectivity index (χ1n) is 8.68. The summed E-state index contributed by atoms with van der Waals surface area (Å²) >= 11 is 0. The minimum Gasteiger partial charge on any atom is -0.489 e. The third-order valence-electron chi connectivity index (χ3n) is 4.47. The number of nitrogens with zero attached hydrogens (tertiary/aromatic N) is 2. The Bertz CT molecular complexity index is 849. The maximum atomic E-state index is 13.2. The van der Waals surface area contributed by atoms with E-state index in [1.807, 2.05) is 30.3 Å². The van der Waals surface area contributed by atoms with E-state index in [1.165, 1.54) is 12.1 Å². The Labute approximate surface area is 154 Å². The van der Waals surface area contributed by atoms with E-state index in [2.05, 4.69) is 4.90 Å². The molecule has 5 nitrogen and oxygen atoms in total. The summed E-state index contributed by atoms with van der Waals surface area (Å²) in [7, 11) is -3.13. The van der Waals surface area contributed by atoms with Crippen molar-refractivity contribution < 1.29 is 17.5 Å². The summed E-state index contributed by atoms with van der Waals surface area (Å²) < 4.78 is 44.5. The molecule has 0 aromatic heterocycles. The Morgan fingerprint density at radius 2 is 1.77 bits per heavy atom. The second-order valence-electron chi connectivity index (χ2n) is 6.20. The number of rotatable bonds is 6. The number of anilines is 1. The zero-order valence-electron chi connectivity index (χ0n) is 14.8. The molecular weight excluding hydrogens is 355 g/mol. The minimum absolute atomic E-state index is 0.135. The monoisotopic (exact) mass is 378 g/mol. The molecule has 26 heavy (non-hydrogen) atoms. The van der Waals surface area contributed by atoms with Crippen LogP contribution in [-0.4, -0.2) is 44.7 Å². The SMILES string of the molecule is CCS(=O)(=O)N1CCN(c2cccc(OCc3cccc(F)c3)c2)CC1. The molecule has 2 aromatic rings. The summed E-state index contributed by atoms with van der Waals surface area (Å²) in [5.74, 6) is 0.561. The largest absolute Gasteiger partial charge is 0.489 e. The normalized spacial score (nSPS) is 15.8. The van der Waals surface area contributed by atoms with Crippen molar-refractivity contribution in [2.24, 2.45) is 0 Å². The van der Waals surface area contributed by atoms with Gasteiger partial charge in [0, 0.05) is 37.9 Å². The van der Waals surface area contributed by atoms with Gasteiger partial charge in [0.05, 0.1) is 5.75 Å². The van der Waals surface area contributed by atoms with Crippen LogP contribution in [0.2, 0.25) is 0 Å². The fourth-order valence-electron chi connectivity index (χ4n) is 2.97. The van der Waals surface area contributed by atoms with Gasteiger partial charge in [-0.05, 0) is 36.8 Å². The van der Waals surface area contributed by atoms with Crippen LogP contribution in [0.15, 0.2) is 48.5 Å². The third-order valence-corrected chi connectivity index (χ3v) is 6.36. The van der Waals surface area contributed by atoms with Crippen molar-refractivity contribution in [2.75, 3.05) is 36.8 Å². The van der Waals surface area contributed by atoms with Gasteiger partial charge in [-0.1, -0.05) is 18.2 Å². The summed E-state index contributed by atoms with van der Waals surface area (Å²) in [5.41, 5.74) is 1.77. The molecule has 0 atom stereocenters. The molecule has 140 valence electrons. The van der Waals surface area contributed by atoms with Crippen LogP contribution in [0, 0.1) is 5.82 Å². The second kappa shape index (κ2) is 8.05. The molecule has 0 aliphatic carbocycles. The van der Waals surface area contributed by atoms with Crippen molar-refractivity contribution in [3.05, 3.63) is 59.9 Å². The number of benzene rings is 2. The van der Waals surface area contributed by atoms with Gasteiger partial charge in [0.1, 0.15) is 18.2 Å². The van der Waals surface area contributed by atoms with Crippen molar-refractivity contribution in [1.29, 1.82) is 0 Å². The molecule has 3 rings (SSSR count). The Morgan fingerprint density at radius 1 is 1.04 bits per heavy atom. The predicted octanol–water partition coefficient (Wildman–Crippen LogP) is 2.88. The highest BCUT2D eigenvalue weighted by Gasteiger charge is 2.25. The van der Waals surface area contributed by atoms with Crippen LogP contribution in [0.3, 0.4) is 0 Å². The number of halogens is 1. The van der Waals surface area contributed by atoms with Crippen molar-refractivity contribution >= 4 is 15.7 Å². The van der Waals surface area contributed by atoms with Crippen LogP contribution in [-0.2, 0) is 16.6 Å². The molecule has 1 aliphatic rings. The molecule has 1 aliphatic heterocycles. The predicted molar refractivity (Wildman–Crippen MR) is 100 cm³/mol. The molecule has 2 aromatic carbocycles. The lowest BCUT2D eigenvalue weighted by atomic mass is 10.2. The van der Waals surface area contributed by atoms with Gasteiger partial charge in [-0.2, -0.15) is 4.31 Å². The van der Waals surface area contributed by atoms with Crippen LogP contribution < -0.4 is 9.64 Å². The first-order chi connectivity index (χ1) is 12.5. The van der Waals surface area contributed by atoms with Gasteiger partial charge in [-0.25, -0.2) is 12.8 Å². The fourth-order valence-corrected chi connectivity index (χ4v) is 4.06. The number of piperazine rings is 1. The second-order valence-corrected chi connectivity index (χ2v) is 8.46. The van der Waals surface area contributed by atoms with Crippen LogP contribution in [0.4, 0.5) is 10.1 Å². The fraction of sp³-hybridized carbons (Fsp3) is 0.368. The molecule has 0 amide bonds. The molecule has 0 radical (unpaired) electrons. The van der Waals surface area contributed by atoms with E-state index < -0.39 is 10.0 Å². The van der Waals surface area contributed by atoms with E-state index in [0.717, 1.165) is 11.3 Å². The van der Waals surface area contributed by atoms with Crippen LogP contribution in [0.5, 0.6) is 5.75 Å². The van der Waals surface area contributed by atoms with E-state index in [9.17, 15) is 12.8 Å². The van der Waals surface area contributed by atoms with Crippen molar-refractivity contribution in [2.45, 2.75) is 13.5 Å². The lowest BCUT2D eigenvalue weighted by Crippen LogP contribution is -2.49. The molecular formula is C19H23FN2O3S. The van der Waals surface area contributed by atoms with Crippen molar-refractivity contribution in [3.8, 4) is 5.75 Å². The maximum Gasteiger partial charge on any atom is 0.213 e. The van der Waals surface area contributed by atoms with E-state index >= 15 is 0 Å². The molecule has 0 unspecified atom stereocenters. The Morgan fingerprint density at radius 3 is 2.46 bits per heavy atom. The highest BCUT2D eigenvalue weighted by molar-refractivity contribution is 7.89. The Hall–Kier alpha value is -2.12. The van der Waals surface area contributed by atoms with E-state index in [1.54, 1.807) is 17.3 Å². The first kappa shape index (κ1) is 18.7.